The van der Waals surface area contributed by atoms with Crippen LogP contribution in [0.25, 0.3) is 0 Å². The minimum Gasteiger partial charge on any atom is -0.495 e. The van der Waals surface area contributed by atoms with E-state index in [1.54, 1.807) is 41.3 Å². The molecule has 2 aromatic carbocycles. The third-order valence-corrected chi connectivity index (χ3v) is 4.26. The molecule has 27 heavy (non-hydrogen) atoms. The predicted octanol–water partition coefficient (Wildman–Crippen LogP) is 3.03. The number of anilines is 3. The summed E-state index contributed by atoms with van der Waals surface area (Å²) < 4.78 is 5.28. The van der Waals surface area contributed by atoms with Crippen LogP contribution < -0.4 is 20.3 Å². The smallest absolute Gasteiger partial charge is 0.255 e. The van der Waals surface area contributed by atoms with Crippen LogP contribution in [0.4, 0.5) is 17.1 Å². The molecule has 2 N–H and O–H groups in total. The molecule has 0 spiro atoms. The molecule has 0 bridgehead atoms. The van der Waals surface area contributed by atoms with Gasteiger partial charge in [-0.2, -0.15) is 0 Å². The Balaban J connectivity index is 1.83. The zero-order valence-corrected chi connectivity index (χ0v) is 15.2. The molecule has 1 heterocycles. The van der Waals surface area contributed by atoms with Gasteiger partial charge < -0.3 is 20.3 Å². The second kappa shape index (κ2) is 7.90. The van der Waals surface area contributed by atoms with E-state index in [4.69, 9.17) is 4.74 Å². The van der Waals surface area contributed by atoms with Crippen molar-refractivity contribution >= 4 is 34.8 Å². The van der Waals surface area contributed by atoms with Crippen LogP contribution in [0.5, 0.6) is 5.75 Å². The van der Waals surface area contributed by atoms with Crippen molar-refractivity contribution in [3.05, 3.63) is 48.0 Å². The number of hydrogen-bond donors (Lipinski definition) is 2. The average Bonchev–Trinajstić information content (AvgIpc) is 3.07. The van der Waals surface area contributed by atoms with Crippen molar-refractivity contribution in [3.63, 3.8) is 0 Å². The van der Waals surface area contributed by atoms with E-state index in [1.807, 2.05) is 6.07 Å². The number of methoxy groups -OCH3 is 1. The van der Waals surface area contributed by atoms with E-state index in [-0.39, 0.29) is 17.7 Å². The fraction of sp³-hybridized carbons (Fsp3) is 0.250. The van der Waals surface area contributed by atoms with E-state index in [1.165, 1.54) is 14.0 Å². The van der Waals surface area contributed by atoms with Gasteiger partial charge in [-0.25, -0.2) is 0 Å². The van der Waals surface area contributed by atoms with Crippen molar-refractivity contribution < 1.29 is 19.1 Å². The molecule has 3 rings (SSSR count). The third kappa shape index (κ3) is 4.25. The molecule has 0 radical (unpaired) electrons. The molecular formula is C20H21N3O4. The lowest BCUT2D eigenvalue weighted by atomic mass is 10.1. The van der Waals surface area contributed by atoms with Gasteiger partial charge in [0.15, 0.2) is 0 Å². The first kappa shape index (κ1) is 18.4. The summed E-state index contributed by atoms with van der Waals surface area (Å²) >= 11 is 0. The molecule has 1 aliphatic rings. The molecule has 0 saturated carbocycles. The molecule has 7 nitrogen and oxygen atoms in total. The second-order valence-electron chi connectivity index (χ2n) is 6.25. The Bertz CT molecular complexity index is 895. The highest BCUT2D eigenvalue weighted by Crippen LogP contribution is 2.29. The topological polar surface area (TPSA) is 87.7 Å². The molecule has 140 valence electrons. The van der Waals surface area contributed by atoms with Crippen molar-refractivity contribution in [2.45, 2.75) is 19.8 Å². The molecule has 2 aromatic rings. The summed E-state index contributed by atoms with van der Waals surface area (Å²) in [6, 6.07) is 11.9. The van der Waals surface area contributed by atoms with Crippen molar-refractivity contribution in [3.8, 4) is 5.75 Å². The Morgan fingerprint density at radius 3 is 2.59 bits per heavy atom. The van der Waals surface area contributed by atoms with Gasteiger partial charge >= 0.3 is 0 Å². The van der Waals surface area contributed by atoms with E-state index >= 15 is 0 Å². The summed E-state index contributed by atoms with van der Waals surface area (Å²) in [5.41, 5.74) is 2.13. The zero-order valence-electron chi connectivity index (χ0n) is 15.2. The van der Waals surface area contributed by atoms with Crippen molar-refractivity contribution in [1.82, 2.24) is 0 Å². The van der Waals surface area contributed by atoms with Crippen LogP contribution in [0.15, 0.2) is 42.5 Å². The summed E-state index contributed by atoms with van der Waals surface area (Å²) in [7, 11) is 1.50. The van der Waals surface area contributed by atoms with Crippen molar-refractivity contribution in [1.29, 1.82) is 0 Å². The van der Waals surface area contributed by atoms with E-state index in [2.05, 4.69) is 10.6 Å². The number of carbonyl (C=O) groups is 3. The van der Waals surface area contributed by atoms with E-state index in [0.717, 1.165) is 6.42 Å². The van der Waals surface area contributed by atoms with E-state index < -0.39 is 0 Å². The van der Waals surface area contributed by atoms with E-state index in [0.29, 0.717) is 41.3 Å². The number of nitrogens with one attached hydrogen (secondary N) is 2. The highest BCUT2D eigenvalue weighted by molar-refractivity contribution is 6.06. The molecule has 1 saturated heterocycles. The van der Waals surface area contributed by atoms with Crippen LogP contribution >= 0.6 is 0 Å². The lowest BCUT2D eigenvalue weighted by Crippen LogP contribution is -2.24. The summed E-state index contributed by atoms with van der Waals surface area (Å²) in [6.07, 6.45) is 1.35. The second-order valence-corrected chi connectivity index (χ2v) is 6.25. The molecule has 0 atom stereocenters. The first-order valence-electron chi connectivity index (χ1n) is 8.65. The number of carbonyl (C=O) groups excluding carboxylic acids is 3. The largest absolute Gasteiger partial charge is 0.495 e. The maximum absolute atomic E-state index is 12.7. The van der Waals surface area contributed by atoms with Gasteiger partial charge in [0.05, 0.1) is 12.8 Å². The van der Waals surface area contributed by atoms with Crippen LogP contribution in [-0.4, -0.2) is 31.4 Å². The summed E-state index contributed by atoms with van der Waals surface area (Å²) in [5, 5.41) is 5.47. The minimum atomic E-state index is -0.332. The molecule has 1 aliphatic heterocycles. The highest BCUT2D eigenvalue weighted by Gasteiger charge is 2.22. The number of ether oxygens (including phenoxy) is 1. The molecule has 7 heteroatoms. The molecule has 3 amide bonds. The molecule has 0 aromatic heterocycles. The fourth-order valence-electron chi connectivity index (χ4n) is 3.02. The number of amides is 3. The third-order valence-electron chi connectivity index (χ3n) is 4.26. The minimum absolute atomic E-state index is 0.0669. The monoisotopic (exact) mass is 367 g/mol. The van der Waals surface area contributed by atoms with Crippen LogP contribution in [-0.2, 0) is 9.59 Å². The standard InChI is InChI=1S/C20H21N3O4/c1-13(24)21-15-8-9-18(27-2)17(12-15)22-20(26)14-5-3-6-16(11-14)23-10-4-7-19(23)25/h3,5-6,8-9,11-12H,4,7,10H2,1-2H3,(H,21,24)(H,22,26). The summed E-state index contributed by atoms with van der Waals surface area (Å²) in [4.78, 5) is 37.6. The molecule has 0 aliphatic carbocycles. The first-order valence-corrected chi connectivity index (χ1v) is 8.65. The Morgan fingerprint density at radius 2 is 1.93 bits per heavy atom. The lowest BCUT2D eigenvalue weighted by Gasteiger charge is -2.17. The number of hydrogen-bond acceptors (Lipinski definition) is 4. The first-order chi connectivity index (χ1) is 13.0. The number of rotatable bonds is 5. The van der Waals surface area contributed by atoms with Gasteiger partial charge in [0.2, 0.25) is 11.8 Å². The van der Waals surface area contributed by atoms with Crippen LogP contribution in [0.1, 0.15) is 30.1 Å². The van der Waals surface area contributed by atoms with Gasteiger partial charge in [0, 0.05) is 36.8 Å². The van der Waals surface area contributed by atoms with Crippen molar-refractivity contribution in [2.24, 2.45) is 0 Å². The number of nitrogens with zero attached hydrogens (tertiary/aromatic N) is 1. The summed E-state index contributed by atoms with van der Waals surface area (Å²) in [5.74, 6) is 0.00255. The number of benzene rings is 2. The molecular weight excluding hydrogens is 346 g/mol. The van der Waals surface area contributed by atoms with Gasteiger partial charge in [-0.05, 0) is 42.8 Å². The zero-order chi connectivity index (χ0) is 19.4. The highest BCUT2D eigenvalue weighted by atomic mass is 16.5. The Morgan fingerprint density at radius 1 is 1.11 bits per heavy atom. The van der Waals surface area contributed by atoms with Gasteiger partial charge in [-0.1, -0.05) is 6.07 Å². The van der Waals surface area contributed by atoms with Gasteiger partial charge in [-0.15, -0.1) is 0 Å². The summed E-state index contributed by atoms with van der Waals surface area (Å²) in [6.45, 7) is 2.07. The van der Waals surface area contributed by atoms with Gasteiger partial charge in [0.25, 0.3) is 5.91 Å². The van der Waals surface area contributed by atoms with Crippen molar-refractivity contribution in [2.75, 3.05) is 29.2 Å². The normalized spacial score (nSPS) is 13.4. The van der Waals surface area contributed by atoms with Crippen LogP contribution in [0, 0.1) is 0 Å². The average molecular weight is 367 g/mol. The molecule has 0 unspecified atom stereocenters. The van der Waals surface area contributed by atoms with E-state index in [9.17, 15) is 14.4 Å². The van der Waals surface area contributed by atoms with Gasteiger partial charge in [0.1, 0.15) is 5.75 Å². The lowest BCUT2D eigenvalue weighted by molar-refractivity contribution is -0.117. The van der Waals surface area contributed by atoms with Crippen LogP contribution in [0.3, 0.4) is 0 Å². The maximum atomic E-state index is 12.7. The Hall–Kier alpha value is -3.35. The van der Waals surface area contributed by atoms with Gasteiger partial charge in [-0.3, -0.25) is 14.4 Å². The quantitative estimate of drug-likeness (QED) is 0.850. The molecule has 1 fully saturated rings. The Kier molecular flexibility index (Phi) is 5.40. The van der Waals surface area contributed by atoms with Crippen LogP contribution in [0.2, 0.25) is 0 Å². The Labute approximate surface area is 157 Å². The maximum Gasteiger partial charge on any atom is 0.255 e. The SMILES string of the molecule is COc1ccc(NC(C)=O)cc1NC(=O)c1cccc(N2CCCC2=O)c1. The fourth-order valence-corrected chi connectivity index (χ4v) is 3.02. The predicted molar refractivity (Wildman–Crippen MR) is 103 cm³/mol.